The summed E-state index contributed by atoms with van der Waals surface area (Å²) in [6.07, 6.45) is -0.446. The number of carbonyl (C=O) groups is 1. The van der Waals surface area contributed by atoms with E-state index in [-0.39, 0.29) is 12.1 Å². The van der Waals surface area contributed by atoms with Gasteiger partial charge in [-0.15, -0.1) is 0 Å². The van der Waals surface area contributed by atoms with Gasteiger partial charge in [-0.2, -0.15) is 0 Å². The molecule has 0 spiro atoms. The van der Waals surface area contributed by atoms with Gasteiger partial charge in [0.2, 0.25) is 0 Å². The zero-order chi connectivity index (χ0) is 15.5. The summed E-state index contributed by atoms with van der Waals surface area (Å²) in [6.45, 7) is 7.78. The summed E-state index contributed by atoms with van der Waals surface area (Å²) in [5.41, 5.74) is 2.56. The molecule has 0 bridgehead atoms. The average Bonchev–Trinajstić information content (AvgIpc) is 2.77. The van der Waals surface area contributed by atoms with Gasteiger partial charge in [-0.05, 0) is 27.7 Å². The number of carbonyl (C=O) groups excluding carboxylic acids is 1. The normalized spacial score (nSPS) is 11.2. The average molecular weight is 287 g/mol. The first-order valence-electron chi connectivity index (χ1n) is 6.91. The van der Waals surface area contributed by atoms with E-state index in [9.17, 15) is 4.79 Å². The van der Waals surface area contributed by atoms with Crippen LogP contribution in [0.5, 0.6) is 0 Å². The number of nitrogens with zero attached hydrogens (tertiary/aromatic N) is 1. The maximum Gasteiger partial charge on any atom is 0.407 e. The summed E-state index contributed by atoms with van der Waals surface area (Å²) in [5, 5.41) is 2.74. The van der Waals surface area contributed by atoms with Gasteiger partial charge in [0.1, 0.15) is 5.82 Å². The number of alkyl carbamates (subject to hydrolysis) is 1. The Morgan fingerprint density at radius 1 is 1.29 bits per heavy atom. The molecule has 1 heterocycles. The van der Waals surface area contributed by atoms with Crippen LogP contribution in [0.1, 0.15) is 32.3 Å². The first-order valence-corrected chi connectivity index (χ1v) is 6.91. The lowest BCUT2D eigenvalue weighted by Crippen LogP contribution is -2.40. The minimum Gasteiger partial charge on any atom is -0.441 e. The van der Waals surface area contributed by atoms with Crippen molar-refractivity contribution < 1.29 is 9.53 Å². The van der Waals surface area contributed by atoms with Crippen molar-refractivity contribution in [3.63, 3.8) is 0 Å². The lowest BCUT2D eigenvalue weighted by molar-refractivity contribution is 0.128. The molecule has 0 saturated heterocycles. The molecule has 2 N–H and O–H groups in total. The molecule has 0 saturated carbocycles. The number of aryl methyl sites for hydroxylation is 1. The third kappa shape index (κ3) is 4.34. The molecule has 0 aliphatic carbocycles. The molecule has 2 aromatic rings. The molecule has 5 nitrogen and oxygen atoms in total. The van der Waals surface area contributed by atoms with Gasteiger partial charge in [-0.25, -0.2) is 9.78 Å². The van der Waals surface area contributed by atoms with Crippen LogP contribution in [0.4, 0.5) is 4.79 Å². The predicted octanol–water partition coefficient (Wildman–Crippen LogP) is 3.41. The smallest absolute Gasteiger partial charge is 0.407 e. The summed E-state index contributed by atoms with van der Waals surface area (Å²) in [4.78, 5) is 19.3. The van der Waals surface area contributed by atoms with E-state index in [2.05, 4.69) is 15.3 Å². The molecule has 5 heteroatoms. The van der Waals surface area contributed by atoms with Gasteiger partial charge in [-0.1, -0.05) is 30.3 Å². The highest BCUT2D eigenvalue weighted by molar-refractivity contribution is 5.68. The van der Waals surface area contributed by atoms with Gasteiger partial charge in [-0.3, -0.25) is 0 Å². The molecule has 0 aliphatic heterocycles. The molecule has 0 atom stereocenters. The van der Waals surface area contributed by atoms with Crippen LogP contribution < -0.4 is 5.32 Å². The maximum absolute atomic E-state index is 11.6. The summed E-state index contributed by atoms with van der Waals surface area (Å²) in [5.74, 6) is 0.635. The van der Waals surface area contributed by atoms with E-state index >= 15 is 0 Å². The number of aromatic amines is 1. The number of nitrogens with one attached hydrogen (secondary N) is 2. The van der Waals surface area contributed by atoms with Crippen LogP contribution in [0.25, 0.3) is 11.3 Å². The number of H-pyrrole nitrogens is 1. The Morgan fingerprint density at radius 3 is 2.57 bits per heavy atom. The standard InChI is InChI=1S/C16H21N3O2/c1-11-14(12-8-6-5-7-9-12)18-13(17-11)10-21-15(20)19-16(2,3)4/h5-9H,10H2,1-4H3,(H,17,18)(H,19,20). The number of imidazole rings is 1. The molecule has 0 unspecified atom stereocenters. The number of amides is 1. The highest BCUT2D eigenvalue weighted by atomic mass is 16.5. The Balaban J connectivity index is 2.02. The van der Waals surface area contributed by atoms with E-state index in [0.29, 0.717) is 5.82 Å². The van der Waals surface area contributed by atoms with E-state index < -0.39 is 6.09 Å². The molecule has 2 rings (SSSR count). The predicted molar refractivity (Wildman–Crippen MR) is 81.8 cm³/mol. The number of aromatic nitrogens is 2. The van der Waals surface area contributed by atoms with Crippen molar-refractivity contribution in [1.29, 1.82) is 0 Å². The Morgan fingerprint density at radius 2 is 1.95 bits per heavy atom. The molecular weight excluding hydrogens is 266 g/mol. The number of hydrogen-bond donors (Lipinski definition) is 2. The Kier molecular flexibility index (Phi) is 4.31. The van der Waals surface area contributed by atoms with Crippen LogP contribution >= 0.6 is 0 Å². The van der Waals surface area contributed by atoms with Gasteiger partial charge in [0, 0.05) is 16.8 Å². The first kappa shape index (κ1) is 15.1. The molecule has 0 radical (unpaired) electrons. The number of rotatable bonds is 3. The topological polar surface area (TPSA) is 67.0 Å². The summed E-state index contributed by atoms with van der Waals surface area (Å²) in [7, 11) is 0. The Bertz CT molecular complexity index is 612. The van der Waals surface area contributed by atoms with Gasteiger partial charge < -0.3 is 15.0 Å². The molecular formula is C16H21N3O2. The summed E-state index contributed by atoms with van der Waals surface area (Å²) >= 11 is 0. The zero-order valence-corrected chi connectivity index (χ0v) is 12.9. The minimum atomic E-state index is -0.446. The minimum absolute atomic E-state index is 0.121. The van der Waals surface area contributed by atoms with Gasteiger partial charge >= 0.3 is 6.09 Å². The number of ether oxygens (including phenoxy) is 1. The summed E-state index contributed by atoms with van der Waals surface area (Å²) in [6, 6.07) is 9.90. The third-order valence-electron chi connectivity index (χ3n) is 2.80. The third-order valence-corrected chi connectivity index (χ3v) is 2.80. The van der Waals surface area contributed by atoms with Crippen LogP contribution in [-0.2, 0) is 11.3 Å². The van der Waals surface area contributed by atoms with Crippen molar-refractivity contribution >= 4 is 6.09 Å². The lowest BCUT2D eigenvalue weighted by Gasteiger charge is -2.19. The fourth-order valence-corrected chi connectivity index (χ4v) is 1.94. The number of benzene rings is 1. The first-order chi connectivity index (χ1) is 9.85. The van der Waals surface area contributed by atoms with Crippen LogP contribution in [0, 0.1) is 6.92 Å². The van der Waals surface area contributed by atoms with Crippen molar-refractivity contribution in [3.8, 4) is 11.3 Å². The SMILES string of the molecule is Cc1[nH]c(COC(=O)NC(C)(C)C)nc1-c1ccccc1. The van der Waals surface area contributed by atoms with Crippen LogP contribution in [0.3, 0.4) is 0 Å². The maximum atomic E-state index is 11.6. The molecule has 1 amide bonds. The molecule has 1 aromatic carbocycles. The molecule has 1 aromatic heterocycles. The molecule has 0 fully saturated rings. The molecule has 21 heavy (non-hydrogen) atoms. The fraction of sp³-hybridized carbons (Fsp3) is 0.375. The second-order valence-corrected chi connectivity index (χ2v) is 5.97. The highest BCUT2D eigenvalue weighted by Crippen LogP contribution is 2.20. The van der Waals surface area contributed by atoms with E-state index in [1.54, 1.807) is 0 Å². The molecule has 112 valence electrons. The lowest BCUT2D eigenvalue weighted by atomic mass is 10.1. The van der Waals surface area contributed by atoms with Gasteiger partial charge in [0.15, 0.2) is 6.61 Å². The van der Waals surface area contributed by atoms with E-state index in [1.807, 2.05) is 58.0 Å². The van der Waals surface area contributed by atoms with Gasteiger partial charge in [0.25, 0.3) is 0 Å². The largest absolute Gasteiger partial charge is 0.441 e. The highest BCUT2D eigenvalue weighted by Gasteiger charge is 2.15. The second kappa shape index (κ2) is 5.99. The van der Waals surface area contributed by atoms with Crippen molar-refractivity contribution in [3.05, 3.63) is 41.9 Å². The Labute approximate surface area is 124 Å². The van der Waals surface area contributed by atoms with Gasteiger partial charge in [0.05, 0.1) is 5.69 Å². The summed E-state index contributed by atoms with van der Waals surface area (Å²) < 4.78 is 5.16. The number of hydrogen-bond acceptors (Lipinski definition) is 3. The Hall–Kier alpha value is -2.30. The van der Waals surface area contributed by atoms with Crippen molar-refractivity contribution in [2.24, 2.45) is 0 Å². The zero-order valence-electron chi connectivity index (χ0n) is 12.9. The van der Waals surface area contributed by atoms with E-state index in [4.69, 9.17) is 4.74 Å². The van der Waals surface area contributed by atoms with Crippen molar-refractivity contribution in [1.82, 2.24) is 15.3 Å². The fourth-order valence-electron chi connectivity index (χ4n) is 1.94. The van der Waals surface area contributed by atoms with Crippen LogP contribution in [-0.4, -0.2) is 21.6 Å². The van der Waals surface area contributed by atoms with Crippen molar-refractivity contribution in [2.45, 2.75) is 39.8 Å². The molecule has 0 aliphatic rings. The van der Waals surface area contributed by atoms with Crippen molar-refractivity contribution in [2.75, 3.05) is 0 Å². The van der Waals surface area contributed by atoms with Crippen LogP contribution in [0.15, 0.2) is 30.3 Å². The quantitative estimate of drug-likeness (QED) is 0.909. The van der Waals surface area contributed by atoms with E-state index in [0.717, 1.165) is 17.0 Å². The van der Waals surface area contributed by atoms with E-state index in [1.165, 1.54) is 0 Å². The monoisotopic (exact) mass is 287 g/mol. The van der Waals surface area contributed by atoms with Crippen LogP contribution in [0.2, 0.25) is 0 Å². The second-order valence-electron chi connectivity index (χ2n) is 5.97.